The first kappa shape index (κ1) is 21.8. The lowest BCUT2D eigenvalue weighted by Crippen LogP contribution is -2.48. The van der Waals surface area contributed by atoms with Crippen LogP contribution >= 0.6 is 0 Å². The van der Waals surface area contributed by atoms with Gasteiger partial charge in [0.2, 0.25) is 5.91 Å². The maximum Gasteiger partial charge on any atom is 0.239 e. The standard InChI is InChI=1S/C24H28N6O2/c1-18-19(2)30(16-21-4-3-13-32-21)24(22(18)14-25)27-23(31)17-29-11-9-28(10-12-29)15-20-5-7-26-8-6-20/h3-8,13H,9-12,15-17H2,1-2H3,(H,27,31). The van der Waals surface area contributed by atoms with E-state index in [-0.39, 0.29) is 5.91 Å². The van der Waals surface area contributed by atoms with Gasteiger partial charge in [0.25, 0.3) is 0 Å². The molecule has 8 nitrogen and oxygen atoms in total. The van der Waals surface area contributed by atoms with E-state index in [1.54, 1.807) is 6.26 Å². The molecule has 0 spiro atoms. The summed E-state index contributed by atoms with van der Waals surface area (Å²) in [7, 11) is 0. The Hall–Kier alpha value is -3.41. The van der Waals surface area contributed by atoms with Crippen LogP contribution in [0.4, 0.5) is 5.82 Å². The highest BCUT2D eigenvalue weighted by molar-refractivity contribution is 5.93. The van der Waals surface area contributed by atoms with Gasteiger partial charge in [-0.1, -0.05) is 0 Å². The first-order chi connectivity index (χ1) is 15.5. The molecule has 4 heterocycles. The third kappa shape index (κ3) is 4.90. The van der Waals surface area contributed by atoms with Crippen molar-refractivity contribution >= 4 is 11.7 Å². The average Bonchev–Trinajstić information content (AvgIpc) is 3.39. The molecule has 3 aromatic heterocycles. The molecule has 32 heavy (non-hydrogen) atoms. The third-order valence-corrected chi connectivity index (χ3v) is 6.08. The SMILES string of the molecule is Cc1c(C#N)c(NC(=O)CN2CCN(Cc3ccncc3)CC2)n(Cc2ccco2)c1C. The molecule has 8 heteroatoms. The first-order valence-electron chi connectivity index (χ1n) is 10.8. The predicted octanol–water partition coefficient (Wildman–Crippen LogP) is 2.77. The fourth-order valence-electron chi connectivity index (χ4n) is 4.11. The number of piperazine rings is 1. The molecule has 0 unspecified atom stereocenters. The summed E-state index contributed by atoms with van der Waals surface area (Å²) in [4.78, 5) is 21.5. The largest absolute Gasteiger partial charge is 0.467 e. The van der Waals surface area contributed by atoms with Gasteiger partial charge in [-0.25, -0.2) is 0 Å². The Balaban J connectivity index is 1.37. The molecule has 1 amide bonds. The van der Waals surface area contributed by atoms with Gasteiger partial charge in [0.05, 0.1) is 24.9 Å². The van der Waals surface area contributed by atoms with Gasteiger partial charge in [0.1, 0.15) is 17.6 Å². The summed E-state index contributed by atoms with van der Waals surface area (Å²) in [5.41, 5.74) is 3.57. The zero-order chi connectivity index (χ0) is 22.5. The molecule has 166 valence electrons. The number of nitriles is 1. The highest BCUT2D eigenvalue weighted by Crippen LogP contribution is 2.27. The van der Waals surface area contributed by atoms with Gasteiger partial charge in [0.15, 0.2) is 0 Å². The smallest absolute Gasteiger partial charge is 0.239 e. The number of rotatable bonds is 7. The Bertz CT molecular complexity index is 1090. The van der Waals surface area contributed by atoms with Crippen LogP contribution in [0, 0.1) is 25.2 Å². The Morgan fingerprint density at radius 3 is 2.50 bits per heavy atom. The summed E-state index contributed by atoms with van der Waals surface area (Å²) in [6, 6.07) is 10.0. The van der Waals surface area contributed by atoms with Gasteiger partial charge < -0.3 is 14.3 Å². The third-order valence-electron chi connectivity index (χ3n) is 6.08. The molecule has 1 fully saturated rings. The average molecular weight is 433 g/mol. The Labute approximate surface area is 188 Å². The van der Waals surface area contributed by atoms with Gasteiger partial charge in [-0.3, -0.25) is 19.6 Å². The second-order valence-corrected chi connectivity index (χ2v) is 8.17. The van der Waals surface area contributed by atoms with Crippen molar-refractivity contribution < 1.29 is 9.21 Å². The molecule has 0 aliphatic carbocycles. The van der Waals surface area contributed by atoms with Crippen molar-refractivity contribution in [1.29, 1.82) is 5.26 Å². The molecular formula is C24H28N6O2. The number of pyridine rings is 1. The summed E-state index contributed by atoms with van der Waals surface area (Å²) in [5, 5.41) is 12.7. The topological polar surface area (TPSA) is 90.3 Å². The summed E-state index contributed by atoms with van der Waals surface area (Å²) in [6.45, 7) is 9.00. The number of nitrogens with one attached hydrogen (secondary N) is 1. The predicted molar refractivity (Wildman–Crippen MR) is 121 cm³/mol. The molecular weight excluding hydrogens is 404 g/mol. The second kappa shape index (κ2) is 9.81. The van der Waals surface area contributed by atoms with E-state index >= 15 is 0 Å². The number of nitrogens with zero attached hydrogens (tertiary/aromatic N) is 5. The molecule has 0 aromatic carbocycles. The van der Waals surface area contributed by atoms with Crippen molar-refractivity contribution in [2.24, 2.45) is 0 Å². The highest BCUT2D eigenvalue weighted by Gasteiger charge is 2.23. The van der Waals surface area contributed by atoms with Crippen LogP contribution in [0.25, 0.3) is 0 Å². The van der Waals surface area contributed by atoms with Gasteiger partial charge in [-0.2, -0.15) is 5.26 Å². The molecule has 4 rings (SSSR count). The van der Waals surface area contributed by atoms with Crippen LogP contribution in [0.15, 0.2) is 47.3 Å². The summed E-state index contributed by atoms with van der Waals surface area (Å²) >= 11 is 0. The van der Waals surface area contributed by atoms with Gasteiger partial charge in [-0.15, -0.1) is 0 Å². The fourth-order valence-corrected chi connectivity index (χ4v) is 4.11. The maximum absolute atomic E-state index is 12.9. The lowest BCUT2D eigenvalue weighted by Gasteiger charge is -2.34. The first-order valence-corrected chi connectivity index (χ1v) is 10.8. The van der Waals surface area contributed by atoms with E-state index in [9.17, 15) is 10.1 Å². The number of anilines is 1. The quantitative estimate of drug-likeness (QED) is 0.617. The summed E-state index contributed by atoms with van der Waals surface area (Å²) in [6.07, 6.45) is 5.26. The van der Waals surface area contributed by atoms with E-state index in [4.69, 9.17) is 4.42 Å². The van der Waals surface area contributed by atoms with E-state index in [1.807, 2.05) is 55.1 Å². The number of carbonyl (C=O) groups excluding carboxylic acids is 1. The number of aromatic nitrogens is 2. The zero-order valence-electron chi connectivity index (χ0n) is 18.5. The number of furan rings is 1. The van der Waals surface area contributed by atoms with Crippen molar-refractivity contribution in [1.82, 2.24) is 19.4 Å². The van der Waals surface area contributed by atoms with Crippen molar-refractivity contribution in [3.8, 4) is 6.07 Å². The van der Waals surface area contributed by atoms with Crippen molar-refractivity contribution in [3.63, 3.8) is 0 Å². The zero-order valence-corrected chi connectivity index (χ0v) is 18.5. The monoisotopic (exact) mass is 432 g/mol. The highest BCUT2D eigenvalue weighted by atomic mass is 16.3. The Morgan fingerprint density at radius 2 is 1.84 bits per heavy atom. The normalized spacial score (nSPS) is 14.9. The number of amides is 1. The minimum Gasteiger partial charge on any atom is -0.467 e. The molecule has 1 N–H and O–H groups in total. The Kier molecular flexibility index (Phi) is 6.69. The Morgan fingerprint density at radius 1 is 1.12 bits per heavy atom. The van der Waals surface area contributed by atoms with Crippen molar-refractivity contribution in [2.75, 3.05) is 38.0 Å². The molecule has 0 atom stereocenters. The van der Waals surface area contributed by atoms with Crippen molar-refractivity contribution in [3.05, 3.63) is 71.1 Å². The van der Waals surface area contributed by atoms with E-state index < -0.39 is 0 Å². The van der Waals surface area contributed by atoms with Crippen LogP contribution in [-0.4, -0.2) is 58.0 Å². The minimum absolute atomic E-state index is 0.109. The molecule has 1 aliphatic heterocycles. The van der Waals surface area contributed by atoms with Gasteiger partial charge in [-0.05, 0) is 49.2 Å². The van der Waals surface area contributed by atoms with Crippen LogP contribution in [0.1, 0.15) is 28.1 Å². The van der Waals surface area contributed by atoms with Gasteiger partial charge in [0, 0.05) is 50.8 Å². The van der Waals surface area contributed by atoms with E-state index in [2.05, 4.69) is 26.2 Å². The molecule has 0 saturated carbocycles. The molecule has 3 aromatic rings. The molecule has 1 saturated heterocycles. The molecule has 0 radical (unpaired) electrons. The fraction of sp³-hybridized carbons (Fsp3) is 0.375. The number of hydrogen-bond donors (Lipinski definition) is 1. The lowest BCUT2D eigenvalue weighted by atomic mass is 10.2. The molecule has 1 aliphatic rings. The van der Waals surface area contributed by atoms with Crippen LogP contribution in [0.5, 0.6) is 0 Å². The summed E-state index contributed by atoms with van der Waals surface area (Å²) in [5.74, 6) is 1.20. The van der Waals surface area contributed by atoms with Crippen molar-refractivity contribution in [2.45, 2.75) is 26.9 Å². The number of hydrogen-bond acceptors (Lipinski definition) is 6. The molecule has 0 bridgehead atoms. The second-order valence-electron chi connectivity index (χ2n) is 8.17. The number of carbonyl (C=O) groups is 1. The maximum atomic E-state index is 12.9. The lowest BCUT2D eigenvalue weighted by molar-refractivity contribution is -0.117. The van der Waals surface area contributed by atoms with E-state index in [0.717, 1.165) is 49.7 Å². The van der Waals surface area contributed by atoms with Crippen LogP contribution < -0.4 is 5.32 Å². The van der Waals surface area contributed by atoms with Gasteiger partial charge >= 0.3 is 0 Å². The van der Waals surface area contributed by atoms with E-state index in [0.29, 0.717) is 24.5 Å². The summed E-state index contributed by atoms with van der Waals surface area (Å²) < 4.78 is 7.42. The van der Waals surface area contributed by atoms with Crippen LogP contribution in [0.2, 0.25) is 0 Å². The van der Waals surface area contributed by atoms with Crippen LogP contribution in [-0.2, 0) is 17.9 Å². The van der Waals surface area contributed by atoms with Crippen LogP contribution in [0.3, 0.4) is 0 Å². The minimum atomic E-state index is -0.109. The van der Waals surface area contributed by atoms with E-state index in [1.165, 1.54) is 5.56 Å².